The molecule has 0 fully saturated rings. The van der Waals surface area contributed by atoms with Gasteiger partial charge < -0.3 is 14.7 Å². The van der Waals surface area contributed by atoms with Crippen LogP contribution in [0.1, 0.15) is 11.6 Å². The van der Waals surface area contributed by atoms with Crippen molar-refractivity contribution in [2.45, 2.75) is 12.7 Å². The van der Waals surface area contributed by atoms with Gasteiger partial charge in [0.15, 0.2) is 11.5 Å². The maximum atomic E-state index is 12.7. The van der Waals surface area contributed by atoms with E-state index in [4.69, 9.17) is 4.42 Å². The summed E-state index contributed by atoms with van der Waals surface area (Å²) in [6.07, 6.45) is -1.89. The highest BCUT2D eigenvalue weighted by Gasteiger charge is 2.36. The van der Waals surface area contributed by atoms with Crippen LogP contribution >= 0.6 is 0 Å². The molecule has 9 heteroatoms. The normalized spacial score (nSPS) is 11.9. The lowest BCUT2D eigenvalue weighted by Gasteiger charge is -2.08. The van der Waals surface area contributed by atoms with E-state index in [0.717, 1.165) is 0 Å². The minimum absolute atomic E-state index is 0.0000231. The van der Waals surface area contributed by atoms with E-state index in [-0.39, 0.29) is 23.5 Å². The Kier molecular flexibility index (Phi) is 2.81. The molecule has 0 atom stereocenters. The van der Waals surface area contributed by atoms with Gasteiger partial charge in [0.25, 0.3) is 0 Å². The van der Waals surface area contributed by atoms with Crippen LogP contribution in [0.15, 0.2) is 29.1 Å². The summed E-state index contributed by atoms with van der Waals surface area (Å²) < 4.78 is 43.2. The Balaban J connectivity index is 1.97. The van der Waals surface area contributed by atoms with E-state index in [9.17, 15) is 13.2 Å². The van der Waals surface area contributed by atoms with Gasteiger partial charge in [-0.1, -0.05) is 0 Å². The van der Waals surface area contributed by atoms with E-state index in [1.807, 2.05) is 0 Å². The highest BCUT2D eigenvalue weighted by Crippen LogP contribution is 2.29. The summed E-state index contributed by atoms with van der Waals surface area (Å²) in [7, 11) is 0. The number of hydrogen-bond acceptors (Lipinski definition) is 5. The van der Waals surface area contributed by atoms with Gasteiger partial charge in [0.2, 0.25) is 5.82 Å². The molecule has 20 heavy (non-hydrogen) atoms. The molecule has 3 aromatic heterocycles. The number of nitrogens with one attached hydrogen (secondary N) is 2. The Bertz CT molecular complexity index is 719. The molecule has 0 spiro atoms. The lowest BCUT2D eigenvalue weighted by atomic mass is 10.4. The molecule has 104 valence electrons. The van der Waals surface area contributed by atoms with E-state index in [1.54, 1.807) is 12.1 Å². The molecule has 2 N–H and O–H groups in total. The van der Waals surface area contributed by atoms with Crippen molar-refractivity contribution >= 4 is 17.0 Å². The van der Waals surface area contributed by atoms with Crippen LogP contribution in [0.25, 0.3) is 11.2 Å². The number of aromatic amines is 1. The molecule has 0 unspecified atom stereocenters. The van der Waals surface area contributed by atoms with Crippen molar-refractivity contribution in [2.75, 3.05) is 5.32 Å². The Labute approximate surface area is 110 Å². The van der Waals surface area contributed by atoms with E-state index in [2.05, 4.69) is 25.3 Å². The molecule has 0 aliphatic heterocycles. The Morgan fingerprint density at radius 3 is 2.85 bits per heavy atom. The molecule has 0 aliphatic rings. The molecule has 3 rings (SSSR count). The summed E-state index contributed by atoms with van der Waals surface area (Å²) >= 11 is 0. The summed E-state index contributed by atoms with van der Waals surface area (Å²) in [4.78, 5) is 13.3. The highest BCUT2D eigenvalue weighted by atomic mass is 19.4. The first kappa shape index (κ1) is 12.5. The second-order valence-electron chi connectivity index (χ2n) is 3.93. The van der Waals surface area contributed by atoms with Gasteiger partial charge in [0.1, 0.15) is 11.3 Å². The van der Waals surface area contributed by atoms with Gasteiger partial charge in [0.05, 0.1) is 19.1 Å². The van der Waals surface area contributed by atoms with Crippen LogP contribution in [0.3, 0.4) is 0 Å². The fourth-order valence-corrected chi connectivity index (χ4v) is 1.67. The van der Waals surface area contributed by atoms with Crippen LogP contribution in [-0.4, -0.2) is 19.9 Å². The van der Waals surface area contributed by atoms with Crippen LogP contribution < -0.4 is 5.32 Å². The number of H-pyrrole nitrogens is 1. The highest BCUT2D eigenvalue weighted by molar-refractivity contribution is 5.82. The average Bonchev–Trinajstić information content (AvgIpc) is 3.05. The fourth-order valence-electron chi connectivity index (χ4n) is 1.67. The van der Waals surface area contributed by atoms with Crippen molar-refractivity contribution in [1.82, 2.24) is 19.9 Å². The quantitative estimate of drug-likeness (QED) is 0.772. The summed E-state index contributed by atoms with van der Waals surface area (Å²) in [6.45, 7) is 0.198. The van der Waals surface area contributed by atoms with E-state index >= 15 is 0 Å². The molecule has 0 bridgehead atoms. The topological polar surface area (TPSA) is 79.6 Å². The fraction of sp³-hybridized carbons (Fsp3) is 0.182. The molecule has 0 amide bonds. The van der Waals surface area contributed by atoms with E-state index < -0.39 is 12.0 Å². The minimum atomic E-state index is -4.62. The predicted molar refractivity (Wildman–Crippen MR) is 62.7 cm³/mol. The number of halogens is 3. The maximum absolute atomic E-state index is 12.7. The SMILES string of the molecule is FC(F)(F)c1nc(NCc2ccco2)c2nc[nH]c2n1. The number of fused-ring (bicyclic) bond motifs is 1. The van der Waals surface area contributed by atoms with Gasteiger partial charge in [0, 0.05) is 0 Å². The van der Waals surface area contributed by atoms with Gasteiger partial charge in [-0.05, 0) is 12.1 Å². The van der Waals surface area contributed by atoms with Gasteiger partial charge in [-0.3, -0.25) is 0 Å². The van der Waals surface area contributed by atoms with Crippen molar-refractivity contribution in [3.05, 3.63) is 36.3 Å². The monoisotopic (exact) mass is 283 g/mol. The molecule has 3 heterocycles. The standard InChI is InChI=1S/C11H8F3N5O/c12-11(13,14)10-18-8(7-9(19-10)17-5-16-7)15-4-6-2-1-3-20-6/h1-3,5H,4H2,(H2,15,16,17,18,19). The van der Waals surface area contributed by atoms with Crippen LogP contribution in [0, 0.1) is 0 Å². The second-order valence-corrected chi connectivity index (χ2v) is 3.93. The minimum Gasteiger partial charge on any atom is -0.467 e. The summed E-state index contributed by atoms with van der Waals surface area (Å²) in [5, 5.41) is 2.76. The number of alkyl halides is 3. The Morgan fingerprint density at radius 2 is 2.15 bits per heavy atom. The third-order valence-corrected chi connectivity index (χ3v) is 2.54. The summed E-state index contributed by atoms with van der Waals surface area (Å²) in [5.41, 5.74) is 0.263. The molecule has 0 aliphatic carbocycles. The molecule has 0 radical (unpaired) electrons. The number of aromatic nitrogens is 4. The second kappa shape index (κ2) is 4.51. The molecule has 6 nitrogen and oxygen atoms in total. The predicted octanol–water partition coefficient (Wildman–Crippen LogP) is 2.58. The lowest BCUT2D eigenvalue weighted by molar-refractivity contribution is -0.144. The zero-order valence-corrected chi connectivity index (χ0v) is 9.90. The van der Waals surface area contributed by atoms with Gasteiger partial charge in [-0.2, -0.15) is 13.2 Å². The molecule has 0 aromatic carbocycles. The number of anilines is 1. The van der Waals surface area contributed by atoms with Gasteiger partial charge in [-0.25, -0.2) is 15.0 Å². The van der Waals surface area contributed by atoms with Crippen molar-refractivity contribution < 1.29 is 17.6 Å². The Morgan fingerprint density at radius 1 is 1.30 bits per heavy atom. The smallest absolute Gasteiger partial charge is 0.451 e. The number of nitrogens with zero attached hydrogens (tertiary/aromatic N) is 3. The Hall–Kier alpha value is -2.58. The zero-order valence-electron chi connectivity index (χ0n) is 9.90. The number of hydrogen-bond donors (Lipinski definition) is 2. The van der Waals surface area contributed by atoms with Crippen LogP contribution in [-0.2, 0) is 12.7 Å². The zero-order chi connectivity index (χ0) is 14.2. The van der Waals surface area contributed by atoms with Crippen molar-refractivity contribution in [3.63, 3.8) is 0 Å². The number of imidazole rings is 1. The van der Waals surface area contributed by atoms with Crippen molar-refractivity contribution in [1.29, 1.82) is 0 Å². The van der Waals surface area contributed by atoms with Crippen molar-refractivity contribution in [3.8, 4) is 0 Å². The first-order valence-electron chi connectivity index (χ1n) is 5.58. The van der Waals surface area contributed by atoms with Gasteiger partial charge in [-0.15, -0.1) is 0 Å². The number of rotatable bonds is 3. The summed E-state index contributed by atoms with van der Waals surface area (Å²) in [6, 6.07) is 3.38. The summed E-state index contributed by atoms with van der Waals surface area (Å²) in [5.74, 6) is -0.656. The van der Waals surface area contributed by atoms with Crippen molar-refractivity contribution in [2.24, 2.45) is 0 Å². The third kappa shape index (κ3) is 2.29. The van der Waals surface area contributed by atoms with Gasteiger partial charge >= 0.3 is 6.18 Å². The van der Waals surface area contributed by atoms with E-state index in [1.165, 1.54) is 12.6 Å². The first-order chi connectivity index (χ1) is 9.54. The van der Waals surface area contributed by atoms with E-state index in [0.29, 0.717) is 5.76 Å². The molecular formula is C11H8F3N5O. The van der Waals surface area contributed by atoms with Crippen LogP contribution in [0.2, 0.25) is 0 Å². The average molecular weight is 283 g/mol. The molecular weight excluding hydrogens is 275 g/mol. The largest absolute Gasteiger partial charge is 0.467 e. The van der Waals surface area contributed by atoms with Crippen LogP contribution in [0.4, 0.5) is 19.0 Å². The van der Waals surface area contributed by atoms with Crippen LogP contribution in [0.5, 0.6) is 0 Å². The molecule has 0 saturated heterocycles. The third-order valence-electron chi connectivity index (χ3n) is 2.54. The molecule has 3 aromatic rings. The number of furan rings is 1. The first-order valence-corrected chi connectivity index (χ1v) is 5.58. The molecule has 0 saturated carbocycles. The lowest BCUT2D eigenvalue weighted by Crippen LogP contribution is -2.13. The maximum Gasteiger partial charge on any atom is 0.451 e.